The van der Waals surface area contributed by atoms with Crippen LogP contribution in [0.25, 0.3) is 0 Å². The molecule has 0 N–H and O–H groups in total. The normalized spacial score (nSPS) is 21.0. The average Bonchev–Trinajstić information content (AvgIpc) is 3.07. The zero-order valence-electron chi connectivity index (χ0n) is 14.8. The Morgan fingerprint density at radius 3 is 2.74 bits per heavy atom. The third kappa shape index (κ3) is 3.00. The number of nitrogens with zero attached hydrogens (tertiary/aromatic N) is 3. The molecule has 0 spiro atoms. The van der Waals surface area contributed by atoms with Crippen LogP contribution >= 0.6 is 11.6 Å². The first-order valence-corrected chi connectivity index (χ1v) is 8.93. The second kappa shape index (κ2) is 6.78. The zero-order valence-corrected chi connectivity index (χ0v) is 15.6. The fourth-order valence-corrected chi connectivity index (χ4v) is 3.65. The van der Waals surface area contributed by atoms with E-state index >= 15 is 0 Å². The first-order valence-electron chi connectivity index (χ1n) is 8.55. The van der Waals surface area contributed by atoms with Crippen molar-refractivity contribution in [3.05, 3.63) is 64.4 Å². The van der Waals surface area contributed by atoms with E-state index in [1.54, 1.807) is 30.3 Å². The Hall–Kier alpha value is -2.73. The van der Waals surface area contributed by atoms with Gasteiger partial charge in [0.25, 0.3) is 0 Å². The molecular weight excluding hydrogens is 369 g/mol. The smallest absolute Gasteiger partial charge is 0.332 e. The molecular formula is C20H17ClFN3O2. The van der Waals surface area contributed by atoms with Gasteiger partial charge in [-0.3, -0.25) is 9.98 Å². The summed E-state index contributed by atoms with van der Waals surface area (Å²) in [4.78, 5) is 23.2. The predicted octanol–water partition coefficient (Wildman–Crippen LogP) is 3.48. The van der Waals surface area contributed by atoms with Gasteiger partial charge in [0.15, 0.2) is 6.04 Å². The number of hydrogen-bond donors (Lipinski definition) is 0. The monoisotopic (exact) mass is 385 g/mol. The highest BCUT2D eigenvalue weighted by molar-refractivity contribution is 6.32. The highest BCUT2D eigenvalue weighted by atomic mass is 35.5. The largest absolute Gasteiger partial charge is 0.467 e. The van der Waals surface area contributed by atoms with Gasteiger partial charge in [0.05, 0.1) is 25.1 Å². The Bertz CT molecular complexity index is 989. The SMILES string of the molecule is COC(=O)C1CN2C(=N1)C(C)N=C(c1ccccc1F)c1cc(Cl)ccc12. The summed E-state index contributed by atoms with van der Waals surface area (Å²) in [5.74, 6) is -0.0947. The number of esters is 1. The van der Waals surface area contributed by atoms with Gasteiger partial charge in [-0.05, 0) is 37.3 Å². The number of hydrogen-bond acceptors (Lipinski definition) is 5. The van der Waals surface area contributed by atoms with Crippen molar-refractivity contribution in [2.45, 2.75) is 19.0 Å². The van der Waals surface area contributed by atoms with Gasteiger partial charge >= 0.3 is 5.97 Å². The molecule has 2 aromatic rings. The molecule has 2 aliphatic rings. The minimum Gasteiger partial charge on any atom is -0.467 e. The van der Waals surface area contributed by atoms with Crippen LogP contribution < -0.4 is 4.90 Å². The van der Waals surface area contributed by atoms with Crippen molar-refractivity contribution in [1.82, 2.24) is 0 Å². The molecule has 0 aromatic heterocycles. The minimum absolute atomic E-state index is 0.348. The Morgan fingerprint density at radius 1 is 1.22 bits per heavy atom. The fraction of sp³-hybridized carbons (Fsp3) is 0.250. The second-order valence-electron chi connectivity index (χ2n) is 6.43. The number of benzene rings is 2. The predicted molar refractivity (Wildman–Crippen MR) is 104 cm³/mol. The van der Waals surface area contributed by atoms with Gasteiger partial charge in [-0.15, -0.1) is 0 Å². The molecule has 0 fully saturated rings. The van der Waals surface area contributed by atoms with E-state index in [4.69, 9.17) is 21.3 Å². The minimum atomic E-state index is -0.610. The average molecular weight is 386 g/mol. The van der Waals surface area contributed by atoms with Crippen LogP contribution in [-0.2, 0) is 9.53 Å². The number of ether oxygens (including phenoxy) is 1. The summed E-state index contributed by atoms with van der Waals surface area (Å²) in [6, 6.07) is 10.9. The van der Waals surface area contributed by atoms with Crippen LogP contribution in [0.1, 0.15) is 18.1 Å². The summed E-state index contributed by atoms with van der Waals surface area (Å²) < 4.78 is 19.4. The van der Waals surface area contributed by atoms with Crippen LogP contribution in [0, 0.1) is 5.82 Å². The lowest BCUT2D eigenvalue weighted by Gasteiger charge is -2.22. The molecule has 138 valence electrons. The maximum absolute atomic E-state index is 14.5. The number of fused-ring (bicyclic) bond motifs is 3. The Balaban J connectivity index is 1.92. The standard InChI is InChI=1S/C20H17ClFN3O2/c1-11-19-24-16(20(26)27-2)10-25(19)17-8-7-12(21)9-14(17)18(23-11)13-5-3-4-6-15(13)22/h3-9,11,16H,10H2,1-2H3. The van der Waals surface area contributed by atoms with Crippen molar-refractivity contribution in [3.8, 4) is 0 Å². The molecule has 0 bridgehead atoms. The first-order chi connectivity index (χ1) is 13.0. The van der Waals surface area contributed by atoms with Gasteiger partial charge in [0.2, 0.25) is 0 Å². The van der Waals surface area contributed by atoms with Gasteiger partial charge in [-0.2, -0.15) is 0 Å². The second-order valence-corrected chi connectivity index (χ2v) is 6.87. The van der Waals surface area contributed by atoms with E-state index in [9.17, 15) is 9.18 Å². The summed E-state index contributed by atoms with van der Waals surface area (Å²) in [5, 5.41) is 0.523. The first kappa shape index (κ1) is 17.7. The highest BCUT2D eigenvalue weighted by Gasteiger charge is 2.37. The summed E-state index contributed by atoms with van der Waals surface area (Å²) in [7, 11) is 1.34. The zero-order chi connectivity index (χ0) is 19.1. The van der Waals surface area contributed by atoms with Gasteiger partial charge in [0, 0.05) is 16.1 Å². The van der Waals surface area contributed by atoms with Gasteiger partial charge in [0.1, 0.15) is 17.7 Å². The van der Waals surface area contributed by atoms with E-state index in [-0.39, 0.29) is 11.9 Å². The molecule has 2 unspecified atom stereocenters. The van der Waals surface area contributed by atoms with E-state index in [0.29, 0.717) is 34.2 Å². The lowest BCUT2D eigenvalue weighted by molar-refractivity contribution is -0.141. The summed E-state index contributed by atoms with van der Waals surface area (Å²) >= 11 is 6.23. The van der Waals surface area contributed by atoms with E-state index in [1.807, 2.05) is 17.9 Å². The maximum atomic E-state index is 14.5. The molecule has 2 aliphatic heterocycles. The Morgan fingerprint density at radius 2 is 2.00 bits per heavy atom. The molecule has 7 heteroatoms. The third-order valence-electron chi connectivity index (χ3n) is 4.72. The van der Waals surface area contributed by atoms with Crippen molar-refractivity contribution >= 4 is 34.8 Å². The Kier molecular flexibility index (Phi) is 4.44. The maximum Gasteiger partial charge on any atom is 0.332 e. The number of amidine groups is 1. The van der Waals surface area contributed by atoms with Crippen molar-refractivity contribution < 1.29 is 13.9 Å². The van der Waals surface area contributed by atoms with Crippen molar-refractivity contribution in [2.24, 2.45) is 9.98 Å². The van der Waals surface area contributed by atoms with Gasteiger partial charge in [-0.25, -0.2) is 9.18 Å². The number of carbonyl (C=O) groups excluding carboxylic acids is 1. The third-order valence-corrected chi connectivity index (χ3v) is 4.96. The summed E-state index contributed by atoms with van der Waals surface area (Å²) in [5.41, 5.74) is 2.41. The van der Waals surface area contributed by atoms with Crippen LogP contribution in [0.3, 0.4) is 0 Å². The molecule has 0 saturated carbocycles. The van der Waals surface area contributed by atoms with E-state index < -0.39 is 12.0 Å². The molecule has 27 heavy (non-hydrogen) atoms. The number of aliphatic imine (C=N–C) groups is 2. The topological polar surface area (TPSA) is 54.3 Å². The lowest BCUT2D eigenvalue weighted by Crippen LogP contribution is -2.35. The molecule has 2 aromatic carbocycles. The van der Waals surface area contributed by atoms with Crippen LogP contribution in [0.2, 0.25) is 5.02 Å². The van der Waals surface area contributed by atoms with Crippen LogP contribution in [-0.4, -0.2) is 43.3 Å². The number of rotatable bonds is 2. The molecule has 4 rings (SSSR count). The fourth-order valence-electron chi connectivity index (χ4n) is 3.48. The summed E-state index contributed by atoms with van der Waals surface area (Å²) in [6.45, 7) is 2.22. The van der Waals surface area contributed by atoms with E-state index in [0.717, 1.165) is 5.69 Å². The molecule has 0 saturated heterocycles. The van der Waals surface area contributed by atoms with Crippen LogP contribution in [0.15, 0.2) is 52.4 Å². The molecule has 2 atom stereocenters. The molecule has 2 heterocycles. The molecule has 0 amide bonds. The van der Waals surface area contributed by atoms with E-state index in [1.165, 1.54) is 13.2 Å². The lowest BCUT2D eigenvalue weighted by atomic mass is 9.99. The van der Waals surface area contributed by atoms with Crippen molar-refractivity contribution in [3.63, 3.8) is 0 Å². The molecule has 5 nitrogen and oxygen atoms in total. The molecule has 0 aliphatic carbocycles. The Labute approximate surface area is 161 Å². The van der Waals surface area contributed by atoms with E-state index in [2.05, 4.69) is 4.99 Å². The quantitative estimate of drug-likeness (QED) is 0.744. The number of carbonyl (C=O) groups is 1. The number of methoxy groups -OCH3 is 1. The number of halogens is 2. The summed E-state index contributed by atoms with van der Waals surface area (Å²) in [6.07, 6.45) is 0. The van der Waals surface area contributed by atoms with Crippen LogP contribution in [0.5, 0.6) is 0 Å². The van der Waals surface area contributed by atoms with Crippen molar-refractivity contribution in [1.29, 1.82) is 0 Å². The molecule has 0 radical (unpaired) electrons. The van der Waals surface area contributed by atoms with Crippen LogP contribution in [0.4, 0.5) is 10.1 Å². The van der Waals surface area contributed by atoms with Gasteiger partial charge < -0.3 is 9.64 Å². The highest BCUT2D eigenvalue weighted by Crippen LogP contribution is 2.34. The van der Waals surface area contributed by atoms with Gasteiger partial charge in [-0.1, -0.05) is 23.7 Å². The van der Waals surface area contributed by atoms with Crippen molar-refractivity contribution in [2.75, 3.05) is 18.6 Å². The number of anilines is 1.